The number of ketones is 1. The average molecular weight is 447 g/mol. The van der Waals surface area contributed by atoms with Crippen LogP contribution < -0.4 is 0 Å². The molecule has 0 spiro atoms. The van der Waals surface area contributed by atoms with Gasteiger partial charge in [0, 0.05) is 32.3 Å². The highest BCUT2D eigenvalue weighted by Gasteiger charge is 2.41. The van der Waals surface area contributed by atoms with E-state index in [1.165, 1.54) is 27.0 Å². The highest BCUT2D eigenvalue weighted by Crippen LogP contribution is 2.34. The van der Waals surface area contributed by atoms with Gasteiger partial charge in [-0.25, -0.2) is 0 Å². The number of unbranched alkanes of at least 4 members (excludes halogenated alkanes) is 3. The lowest BCUT2D eigenvalue weighted by molar-refractivity contribution is -0.149. The Labute approximate surface area is 190 Å². The molecule has 32 heavy (non-hydrogen) atoms. The van der Waals surface area contributed by atoms with Gasteiger partial charge in [-0.2, -0.15) is 0 Å². The molecule has 176 valence electrons. The Hall–Kier alpha value is -2.96. The smallest absolute Gasteiger partial charge is 0.305 e. The Morgan fingerprint density at radius 2 is 1.88 bits per heavy atom. The zero-order valence-corrected chi connectivity index (χ0v) is 19.4. The highest BCUT2D eigenvalue weighted by molar-refractivity contribution is 6.09. The zero-order valence-electron chi connectivity index (χ0n) is 19.4. The summed E-state index contributed by atoms with van der Waals surface area (Å²) in [6.07, 6.45) is 16.0. The Morgan fingerprint density at radius 1 is 1.12 bits per heavy atom. The van der Waals surface area contributed by atoms with Crippen molar-refractivity contribution < 1.29 is 33.4 Å². The van der Waals surface area contributed by atoms with Gasteiger partial charge < -0.3 is 14.2 Å². The fourth-order valence-corrected chi connectivity index (χ4v) is 3.32. The lowest BCUT2D eigenvalue weighted by Gasteiger charge is -2.27. The molecule has 0 aromatic carbocycles. The van der Waals surface area contributed by atoms with E-state index in [0.717, 1.165) is 25.7 Å². The number of carbonyl (C=O) groups is 4. The summed E-state index contributed by atoms with van der Waals surface area (Å²) >= 11 is 0. The van der Waals surface area contributed by atoms with E-state index in [4.69, 9.17) is 9.47 Å². The molecule has 0 heterocycles. The third kappa shape index (κ3) is 9.45. The zero-order chi connectivity index (χ0) is 24.0. The van der Waals surface area contributed by atoms with Gasteiger partial charge in [0.05, 0.1) is 7.11 Å². The number of carbonyl (C=O) groups excluding carboxylic acids is 4. The fraction of sp³-hybridized carbons (Fsp3) is 0.520. The number of methoxy groups -OCH3 is 1. The topological polar surface area (TPSA) is 96.0 Å². The Kier molecular flexibility index (Phi) is 12.0. The summed E-state index contributed by atoms with van der Waals surface area (Å²) in [4.78, 5) is 47.0. The molecule has 0 aliphatic heterocycles. The van der Waals surface area contributed by atoms with E-state index in [2.05, 4.69) is 11.7 Å². The molecule has 7 nitrogen and oxygen atoms in total. The van der Waals surface area contributed by atoms with Crippen LogP contribution in [0.25, 0.3) is 0 Å². The molecular formula is C25H34O7. The van der Waals surface area contributed by atoms with Gasteiger partial charge in [0.2, 0.25) is 0 Å². The molecule has 7 heteroatoms. The summed E-state index contributed by atoms with van der Waals surface area (Å²) in [6.45, 7) is 4.72. The molecule has 0 aromatic heterocycles. The SMILES string of the molecule is CCCCC/C=C\C[C@@]1(OC(C)=O)C=CC(=O)/C1=C/C=C/[C@H](CCC(=O)OC)OC(C)=O. The predicted octanol–water partition coefficient (Wildman–Crippen LogP) is 4.32. The van der Waals surface area contributed by atoms with Gasteiger partial charge in [-0.3, -0.25) is 19.2 Å². The van der Waals surface area contributed by atoms with Crippen LogP contribution in [0.2, 0.25) is 0 Å². The fourth-order valence-electron chi connectivity index (χ4n) is 3.32. The molecule has 0 amide bonds. The summed E-state index contributed by atoms with van der Waals surface area (Å²) in [5.74, 6) is -1.65. The van der Waals surface area contributed by atoms with E-state index >= 15 is 0 Å². The Bertz CT molecular complexity index is 788. The molecule has 0 aromatic rings. The molecule has 0 bridgehead atoms. The number of ether oxygens (including phenoxy) is 3. The van der Waals surface area contributed by atoms with Crippen molar-refractivity contribution >= 4 is 23.7 Å². The van der Waals surface area contributed by atoms with E-state index in [0.29, 0.717) is 12.0 Å². The van der Waals surface area contributed by atoms with Crippen LogP contribution in [0.4, 0.5) is 0 Å². The van der Waals surface area contributed by atoms with Crippen molar-refractivity contribution in [2.24, 2.45) is 0 Å². The number of allylic oxidation sites excluding steroid dienone is 4. The first-order valence-corrected chi connectivity index (χ1v) is 10.9. The van der Waals surface area contributed by atoms with Crippen molar-refractivity contribution in [2.75, 3.05) is 7.11 Å². The van der Waals surface area contributed by atoms with Crippen molar-refractivity contribution in [3.05, 3.63) is 48.1 Å². The van der Waals surface area contributed by atoms with E-state index in [9.17, 15) is 19.2 Å². The first-order chi connectivity index (χ1) is 15.2. The van der Waals surface area contributed by atoms with Crippen LogP contribution >= 0.6 is 0 Å². The quantitative estimate of drug-likeness (QED) is 0.137. The van der Waals surface area contributed by atoms with Crippen LogP contribution in [0.3, 0.4) is 0 Å². The van der Waals surface area contributed by atoms with Gasteiger partial charge in [-0.15, -0.1) is 0 Å². The number of esters is 3. The second kappa shape index (κ2) is 14.2. The molecular weight excluding hydrogens is 412 g/mol. The van der Waals surface area contributed by atoms with Crippen molar-refractivity contribution in [3.8, 4) is 0 Å². The largest absolute Gasteiger partial charge is 0.469 e. The van der Waals surface area contributed by atoms with E-state index < -0.39 is 29.6 Å². The highest BCUT2D eigenvalue weighted by atomic mass is 16.6. The first kappa shape index (κ1) is 27.1. The van der Waals surface area contributed by atoms with Gasteiger partial charge >= 0.3 is 17.9 Å². The van der Waals surface area contributed by atoms with Crippen LogP contribution in [-0.4, -0.2) is 42.5 Å². The molecule has 0 saturated carbocycles. The molecule has 1 aliphatic rings. The Balaban J connectivity index is 3.02. The number of rotatable bonds is 13. The summed E-state index contributed by atoms with van der Waals surface area (Å²) in [5.41, 5.74) is -0.853. The van der Waals surface area contributed by atoms with Crippen molar-refractivity contribution in [1.29, 1.82) is 0 Å². The van der Waals surface area contributed by atoms with Gasteiger partial charge in [0.25, 0.3) is 0 Å². The average Bonchev–Trinajstić information content (AvgIpc) is 3.03. The van der Waals surface area contributed by atoms with Crippen molar-refractivity contribution in [2.45, 2.75) is 77.4 Å². The molecule has 1 rings (SSSR count). The lowest BCUT2D eigenvalue weighted by atomic mass is 9.91. The molecule has 0 fully saturated rings. The number of hydrogen-bond acceptors (Lipinski definition) is 7. The molecule has 0 unspecified atom stereocenters. The minimum absolute atomic E-state index is 0.0794. The first-order valence-electron chi connectivity index (χ1n) is 10.9. The maximum Gasteiger partial charge on any atom is 0.305 e. The monoisotopic (exact) mass is 446 g/mol. The molecule has 2 atom stereocenters. The van der Waals surface area contributed by atoms with Gasteiger partial charge in [-0.1, -0.05) is 44.1 Å². The van der Waals surface area contributed by atoms with Crippen LogP contribution in [0.1, 0.15) is 65.7 Å². The van der Waals surface area contributed by atoms with Gasteiger partial charge in [0.1, 0.15) is 6.10 Å². The second-order valence-electron chi connectivity index (χ2n) is 7.58. The second-order valence-corrected chi connectivity index (χ2v) is 7.58. The molecule has 1 aliphatic carbocycles. The van der Waals surface area contributed by atoms with Gasteiger partial charge in [-0.05, 0) is 37.5 Å². The normalized spacial score (nSPS) is 20.2. The van der Waals surface area contributed by atoms with Crippen LogP contribution in [0.5, 0.6) is 0 Å². The third-order valence-corrected chi connectivity index (χ3v) is 4.88. The van der Waals surface area contributed by atoms with Crippen molar-refractivity contribution in [3.63, 3.8) is 0 Å². The lowest BCUT2D eigenvalue weighted by Crippen LogP contribution is -2.33. The minimum atomic E-state index is -1.17. The minimum Gasteiger partial charge on any atom is -0.469 e. The van der Waals surface area contributed by atoms with E-state index in [1.807, 2.05) is 12.2 Å². The predicted molar refractivity (Wildman–Crippen MR) is 121 cm³/mol. The maximum atomic E-state index is 12.5. The van der Waals surface area contributed by atoms with E-state index in [-0.39, 0.29) is 18.6 Å². The van der Waals surface area contributed by atoms with Crippen LogP contribution in [-0.2, 0) is 33.4 Å². The summed E-state index contributed by atoms with van der Waals surface area (Å²) in [7, 11) is 1.29. The molecule has 0 radical (unpaired) electrons. The van der Waals surface area contributed by atoms with Crippen LogP contribution in [0, 0.1) is 0 Å². The third-order valence-electron chi connectivity index (χ3n) is 4.88. The van der Waals surface area contributed by atoms with Gasteiger partial charge in [0.15, 0.2) is 11.4 Å². The number of hydrogen-bond donors (Lipinski definition) is 0. The summed E-state index contributed by atoms with van der Waals surface area (Å²) in [6, 6.07) is 0. The standard InChI is InChI=1S/C25H34O7/c1-5-6-7-8-9-10-17-25(32-20(3)27)18-16-23(28)22(25)13-11-12-21(31-19(2)26)14-15-24(29)30-4/h9-13,16,18,21H,5-8,14-15,17H2,1-4H3/b10-9-,12-11+,22-13-/t21-,25-/m1/s1. The summed E-state index contributed by atoms with van der Waals surface area (Å²) < 4.78 is 15.4. The maximum absolute atomic E-state index is 12.5. The van der Waals surface area contributed by atoms with Crippen molar-refractivity contribution in [1.82, 2.24) is 0 Å². The Morgan fingerprint density at radius 3 is 2.50 bits per heavy atom. The summed E-state index contributed by atoms with van der Waals surface area (Å²) in [5, 5.41) is 0. The van der Waals surface area contributed by atoms with Crippen LogP contribution in [0.15, 0.2) is 48.1 Å². The molecule has 0 saturated heterocycles. The van der Waals surface area contributed by atoms with E-state index in [1.54, 1.807) is 24.3 Å². The molecule has 0 N–H and O–H groups in total.